The molecular formula is C20H16ClNO5S. The number of aliphatic carboxylic acids is 1. The fourth-order valence-electron chi connectivity index (χ4n) is 2.48. The number of nitrogens with zero attached hydrogens (tertiary/aromatic N) is 1. The van der Waals surface area contributed by atoms with E-state index in [0.717, 1.165) is 4.31 Å². The van der Waals surface area contributed by atoms with Crippen molar-refractivity contribution in [2.75, 3.05) is 10.8 Å². The minimum absolute atomic E-state index is 0.0530. The summed E-state index contributed by atoms with van der Waals surface area (Å²) in [7, 11) is -4.08. The summed E-state index contributed by atoms with van der Waals surface area (Å²) in [6.45, 7) is -0.718. The molecule has 3 rings (SSSR count). The van der Waals surface area contributed by atoms with Crippen molar-refractivity contribution < 1.29 is 23.1 Å². The van der Waals surface area contributed by atoms with E-state index in [4.69, 9.17) is 16.3 Å². The highest BCUT2D eigenvalue weighted by atomic mass is 35.5. The normalized spacial score (nSPS) is 11.0. The molecule has 0 atom stereocenters. The molecule has 3 aromatic carbocycles. The molecule has 0 fully saturated rings. The van der Waals surface area contributed by atoms with Gasteiger partial charge in [0, 0.05) is 5.02 Å². The molecule has 0 unspecified atom stereocenters. The monoisotopic (exact) mass is 417 g/mol. The van der Waals surface area contributed by atoms with Crippen LogP contribution in [0, 0.1) is 0 Å². The van der Waals surface area contributed by atoms with Crippen LogP contribution < -0.4 is 9.04 Å². The average Bonchev–Trinajstić information content (AvgIpc) is 2.68. The molecular weight excluding hydrogens is 402 g/mol. The highest BCUT2D eigenvalue weighted by Gasteiger charge is 2.27. The zero-order chi connectivity index (χ0) is 20.1. The van der Waals surface area contributed by atoms with Gasteiger partial charge >= 0.3 is 5.97 Å². The molecule has 0 aromatic heterocycles. The lowest BCUT2D eigenvalue weighted by Crippen LogP contribution is -2.35. The third kappa shape index (κ3) is 4.62. The number of carboxylic acids is 1. The van der Waals surface area contributed by atoms with Crippen molar-refractivity contribution in [3.05, 3.63) is 83.9 Å². The van der Waals surface area contributed by atoms with E-state index in [1.54, 1.807) is 24.3 Å². The first-order valence-electron chi connectivity index (χ1n) is 8.19. The molecule has 1 N–H and O–H groups in total. The van der Waals surface area contributed by atoms with Gasteiger partial charge in [-0.2, -0.15) is 0 Å². The Labute approximate surface area is 167 Å². The van der Waals surface area contributed by atoms with Gasteiger partial charge in [-0.1, -0.05) is 29.8 Å². The van der Waals surface area contributed by atoms with Crippen molar-refractivity contribution in [2.24, 2.45) is 0 Å². The maximum Gasteiger partial charge on any atom is 0.324 e. The highest BCUT2D eigenvalue weighted by Crippen LogP contribution is 2.28. The van der Waals surface area contributed by atoms with Crippen molar-refractivity contribution >= 4 is 33.3 Å². The average molecular weight is 418 g/mol. The first-order chi connectivity index (χ1) is 13.4. The minimum atomic E-state index is -4.08. The van der Waals surface area contributed by atoms with E-state index >= 15 is 0 Å². The summed E-state index contributed by atoms with van der Waals surface area (Å²) in [5.41, 5.74) is 0.206. The van der Waals surface area contributed by atoms with Crippen molar-refractivity contribution in [1.82, 2.24) is 0 Å². The molecule has 0 heterocycles. The second-order valence-electron chi connectivity index (χ2n) is 5.77. The lowest BCUT2D eigenvalue weighted by atomic mass is 10.3. The SMILES string of the molecule is O=C(O)CN(c1ccc(Oc2ccccc2)cc1)S(=O)(=O)c1ccc(Cl)cc1. The van der Waals surface area contributed by atoms with Gasteiger partial charge in [0.25, 0.3) is 10.0 Å². The number of hydrogen-bond donors (Lipinski definition) is 1. The van der Waals surface area contributed by atoms with Crippen LogP contribution in [-0.2, 0) is 14.8 Å². The number of anilines is 1. The first kappa shape index (κ1) is 19.7. The van der Waals surface area contributed by atoms with Gasteiger partial charge < -0.3 is 9.84 Å². The van der Waals surface area contributed by atoms with Gasteiger partial charge in [-0.15, -0.1) is 0 Å². The Balaban J connectivity index is 1.91. The van der Waals surface area contributed by atoms with Crippen LogP contribution in [0.25, 0.3) is 0 Å². The van der Waals surface area contributed by atoms with Crippen LogP contribution in [0.1, 0.15) is 0 Å². The molecule has 3 aromatic rings. The Bertz CT molecular complexity index is 1050. The molecule has 8 heteroatoms. The van der Waals surface area contributed by atoms with E-state index < -0.39 is 22.5 Å². The molecule has 144 valence electrons. The quantitative estimate of drug-likeness (QED) is 0.615. The molecule has 0 bridgehead atoms. The lowest BCUT2D eigenvalue weighted by Gasteiger charge is -2.23. The van der Waals surface area contributed by atoms with Crippen molar-refractivity contribution in [3.63, 3.8) is 0 Å². The van der Waals surface area contributed by atoms with Crippen LogP contribution in [0.4, 0.5) is 5.69 Å². The van der Waals surface area contributed by atoms with Gasteiger partial charge in [0.2, 0.25) is 0 Å². The second kappa shape index (κ2) is 8.33. The maximum absolute atomic E-state index is 12.9. The summed E-state index contributed by atoms with van der Waals surface area (Å²) >= 11 is 5.81. The third-order valence-corrected chi connectivity index (χ3v) is 5.82. The zero-order valence-electron chi connectivity index (χ0n) is 14.5. The Morgan fingerprint density at radius 2 is 1.46 bits per heavy atom. The van der Waals surface area contributed by atoms with Crippen molar-refractivity contribution in [2.45, 2.75) is 4.90 Å². The van der Waals surface area contributed by atoms with E-state index in [9.17, 15) is 18.3 Å². The molecule has 0 spiro atoms. The molecule has 0 aliphatic carbocycles. The van der Waals surface area contributed by atoms with Gasteiger partial charge in [-0.05, 0) is 60.7 Å². The zero-order valence-corrected chi connectivity index (χ0v) is 16.1. The van der Waals surface area contributed by atoms with E-state index in [0.29, 0.717) is 16.5 Å². The predicted octanol–water partition coefficient (Wildman–Crippen LogP) is 4.41. The largest absolute Gasteiger partial charge is 0.480 e. The fourth-order valence-corrected chi connectivity index (χ4v) is 4.02. The number of ether oxygens (including phenoxy) is 1. The van der Waals surface area contributed by atoms with Gasteiger partial charge in [0.15, 0.2) is 0 Å². The Hall–Kier alpha value is -3.03. The molecule has 0 saturated heterocycles. The van der Waals surface area contributed by atoms with E-state index in [1.165, 1.54) is 36.4 Å². The van der Waals surface area contributed by atoms with E-state index in [-0.39, 0.29) is 10.6 Å². The second-order valence-corrected chi connectivity index (χ2v) is 8.07. The van der Waals surface area contributed by atoms with Gasteiger partial charge in [-0.25, -0.2) is 8.42 Å². The number of para-hydroxylation sites is 1. The van der Waals surface area contributed by atoms with E-state index in [1.807, 2.05) is 18.2 Å². The van der Waals surface area contributed by atoms with E-state index in [2.05, 4.69) is 0 Å². The number of carbonyl (C=O) groups is 1. The van der Waals surface area contributed by atoms with Gasteiger partial charge in [-0.3, -0.25) is 9.10 Å². The number of rotatable bonds is 7. The molecule has 28 heavy (non-hydrogen) atoms. The Kier molecular flexibility index (Phi) is 5.87. The summed E-state index contributed by atoms with van der Waals surface area (Å²) in [4.78, 5) is 11.2. The molecule has 0 aliphatic rings. The topological polar surface area (TPSA) is 83.9 Å². The Morgan fingerprint density at radius 1 is 0.893 bits per heavy atom. The summed E-state index contributed by atoms with van der Waals surface area (Å²) < 4.78 is 32.4. The first-order valence-corrected chi connectivity index (χ1v) is 10.0. The number of halogens is 1. The standard InChI is InChI=1S/C20H16ClNO5S/c21-15-6-12-19(13-7-15)28(25,26)22(14-20(23)24)16-8-10-18(11-9-16)27-17-4-2-1-3-5-17/h1-13H,14H2,(H,23,24). The number of benzene rings is 3. The minimum Gasteiger partial charge on any atom is -0.480 e. The summed E-state index contributed by atoms with van der Waals surface area (Å²) in [6.07, 6.45) is 0. The maximum atomic E-state index is 12.9. The molecule has 0 saturated carbocycles. The smallest absolute Gasteiger partial charge is 0.324 e. The predicted molar refractivity (Wildman–Crippen MR) is 107 cm³/mol. The van der Waals surface area contributed by atoms with Crippen LogP contribution in [0.15, 0.2) is 83.8 Å². The third-order valence-electron chi connectivity index (χ3n) is 3.78. The van der Waals surface area contributed by atoms with Crippen LogP contribution in [0.3, 0.4) is 0 Å². The molecule has 0 amide bonds. The molecule has 0 radical (unpaired) electrons. The molecule has 6 nitrogen and oxygen atoms in total. The van der Waals surface area contributed by atoms with Crippen LogP contribution in [0.2, 0.25) is 5.02 Å². The van der Waals surface area contributed by atoms with Crippen molar-refractivity contribution in [1.29, 1.82) is 0 Å². The van der Waals surface area contributed by atoms with Crippen LogP contribution in [-0.4, -0.2) is 26.0 Å². The fraction of sp³-hybridized carbons (Fsp3) is 0.0500. The Morgan fingerprint density at radius 3 is 2.04 bits per heavy atom. The van der Waals surface area contributed by atoms with Gasteiger partial charge in [0.1, 0.15) is 18.0 Å². The summed E-state index contributed by atoms with van der Waals surface area (Å²) in [5, 5.41) is 9.58. The number of sulfonamides is 1. The molecule has 0 aliphatic heterocycles. The van der Waals surface area contributed by atoms with Crippen molar-refractivity contribution in [3.8, 4) is 11.5 Å². The van der Waals surface area contributed by atoms with Crippen LogP contribution >= 0.6 is 11.6 Å². The summed E-state index contributed by atoms with van der Waals surface area (Å²) in [5.74, 6) is -0.150. The number of carboxylic acid groups (broad SMARTS) is 1. The lowest BCUT2D eigenvalue weighted by molar-refractivity contribution is -0.135. The number of hydrogen-bond acceptors (Lipinski definition) is 4. The summed E-state index contributed by atoms with van der Waals surface area (Å²) in [6, 6.07) is 20.8. The highest BCUT2D eigenvalue weighted by molar-refractivity contribution is 7.92. The van der Waals surface area contributed by atoms with Crippen LogP contribution in [0.5, 0.6) is 11.5 Å². The van der Waals surface area contributed by atoms with Gasteiger partial charge in [0.05, 0.1) is 10.6 Å².